The summed E-state index contributed by atoms with van der Waals surface area (Å²) in [6.45, 7) is 4.06. The number of carbonyl (C=O) groups is 1. The molecule has 0 saturated heterocycles. The van der Waals surface area contributed by atoms with Gasteiger partial charge in [0.2, 0.25) is 0 Å². The second kappa shape index (κ2) is 3.09. The normalized spacial score (nSPS) is 18.5. The summed E-state index contributed by atoms with van der Waals surface area (Å²) in [5, 5.41) is 9.30. The topological polar surface area (TPSA) is 37.3 Å². The minimum atomic E-state index is -0.656. The van der Waals surface area contributed by atoms with Gasteiger partial charge in [-0.3, -0.25) is 4.79 Å². The van der Waals surface area contributed by atoms with Crippen molar-refractivity contribution in [3.05, 3.63) is 35.9 Å². The Bertz CT molecular complexity index is 375. The molecule has 80 valence electrons. The van der Waals surface area contributed by atoms with Crippen LogP contribution in [0.1, 0.15) is 32.3 Å². The van der Waals surface area contributed by atoms with Gasteiger partial charge in [-0.15, -0.1) is 0 Å². The van der Waals surface area contributed by atoms with Gasteiger partial charge in [0.1, 0.15) is 0 Å². The molecule has 0 aromatic heterocycles. The first kappa shape index (κ1) is 10.2. The van der Waals surface area contributed by atoms with Crippen LogP contribution < -0.4 is 0 Å². The van der Waals surface area contributed by atoms with Crippen molar-refractivity contribution in [3.8, 4) is 0 Å². The fraction of sp³-hybridized carbons (Fsp3) is 0.462. The zero-order valence-electron chi connectivity index (χ0n) is 9.16. The van der Waals surface area contributed by atoms with Crippen molar-refractivity contribution < 1.29 is 9.90 Å². The van der Waals surface area contributed by atoms with Crippen LogP contribution in [-0.2, 0) is 10.2 Å². The van der Waals surface area contributed by atoms with E-state index >= 15 is 0 Å². The smallest absolute Gasteiger partial charge is 0.310 e. The Balaban J connectivity index is 2.40. The first-order valence-corrected chi connectivity index (χ1v) is 5.30. The first-order valence-electron chi connectivity index (χ1n) is 5.30. The van der Waals surface area contributed by atoms with Crippen LogP contribution >= 0.6 is 0 Å². The zero-order valence-corrected chi connectivity index (χ0v) is 9.16. The van der Waals surface area contributed by atoms with E-state index in [0.717, 1.165) is 18.4 Å². The quantitative estimate of drug-likeness (QED) is 0.822. The Hall–Kier alpha value is -1.31. The van der Waals surface area contributed by atoms with Gasteiger partial charge in [0.25, 0.3) is 0 Å². The number of benzene rings is 1. The van der Waals surface area contributed by atoms with Gasteiger partial charge in [0.05, 0.1) is 5.41 Å². The molecule has 0 unspecified atom stereocenters. The lowest BCUT2D eigenvalue weighted by Crippen LogP contribution is -2.36. The van der Waals surface area contributed by atoms with Crippen molar-refractivity contribution in [2.75, 3.05) is 0 Å². The van der Waals surface area contributed by atoms with E-state index in [2.05, 4.69) is 0 Å². The molecule has 0 amide bonds. The van der Waals surface area contributed by atoms with Crippen molar-refractivity contribution in [2.45, 2.75) is 32.1 Å². The van der Waals surface area contributed by atoms with Crippen LogP contribution in [0.3, 0.4) is 0 Å². The molecule has 1 aliphatic rings. The summed E-state index contributed by atoms with van der Waals surface area (Å²) in [6, 6.07) is 9.93. The van der Waals surface area contributed by atoms with Gasteiger partial charge in [0, 0.05) is 5.41 Å². The SMILES string of the molecule is CC(C)(c1ccccc1)C1(C(=O)O)CC1. The van der Waals surface area contributed by atoms with Crippen molar-refractivity contribution >= 4 is 5.97 Å². The molecule has 2 rings (SSSR count). The molecular formula is C13H16O2. The lowest BCUT2D eigenvalue weighted by Gasteiger charge is -2.32. The highest BCUT2D eigenvalue weighted by molar-refractivity contribution is 5.80. The summed E-state index contributed by atoms with van der Waals surface area (Å²) in [5.41, 5.74) is 0.305. The second-order valence-electron chi connectivity index (χ2n) is 4.88. The molecule has 0 heterocycles. The van der Waals surface area contributed by atoms with Crippen LogP contribution in [0.2, 0.25) is 0 Å². The van der Waals surface area contributed by atoms with E-state index in [1.807, 2.05) is 44.2 Å². The van der Waals surface area contributed by atoms with Gasteiger partial charge in [-0.05, 0) is 18.4 Å². The molecule has 1 aromatic rings. The third-order valence-corrected chi connectivity index (χ3v) is 3.85. The number of hydrogen-bond acceptors (Lipinski definition) is 1. The molecule has 0 aliphatic heterocycles. The molecule has 2 heteroatoms. The van der Waals surface area contributed by atoms with Crippen LogP contribution in [0.5, 0.6) is 0 Å². The molecular weight excluding hydrogens is 188 g/mol. The van der Waals surface area contributed by atoms with Crippen LogP contribution in [0, 0.1) is 5.41 Å². The van der Waals surface area contributed by atoms with E-state index in [1.165, 1.54) is 0 Å². The zero-order chi connectivity index (χ0) is 11.1. The predicted molar refractivity (Wildman–Crippen MR) is 58.8 cm³/mol. The molecule has 1 N–H and O–H groups in total. The largest absolute Gasteiger partial charge is 0.481 e. The summed E-state index contributed by atoms with van der Waals surface area (Å²) >= 11 is 0. The molecule has 1 saturated carbocycles. The molecule has 1 aromatic carbocycles. The van der Waals surface area contributed by atoms with Gasteiger partial charge in [-0.1, -0.05) is 44.2 Å². The summed E-state index contributed by atoms with van der Waals surface area (Å²) in [4.78, 5) is 11.3. The van der Waals surface area contributed by atoms with E-state index in [1.54, 1.807) is 0 Å². The molecule has 2 nitrogen and oxygen atoms in total. The van der Waals surface area contributed by atoms with Crippen molar-refractivity contribution in [1.29, 1.82) is 0 Å². The standard InChI is InChI=1S/C13H16O2/c1-12(2,10-6-4-3-5-7-10)13(8-9-13)11(14)15/h3-7H,8-9H2,1-2H3,(H,14,15). The Morgan fingerprint density at radius 1 is 1.27 bits per heavy atom. The fourth-order valence-electron chi connectivity index (χ4n) is 2.36. The van der Waals surface area contributed by atoms with Gasteiger partial charge in [-0.25, -0.2) is 0 Å². The average Bonchev–Trinajstić information content (AvgIpc) is 3.00. The molecule has 0 spiro atoms. The maximum atomic E-state index is 11.3. The molecule has 15 heavy (non-hydrogen) atoms. The molecule has 0 radical (unpaired) electrons. The van der Waals surface area contributed by atoms with Crippen molar-refractivity contribution in [1.82, 2.24) is 0 Å². The second-order valence-corrected chi connectivity index (χ2v) is 4.88. The van der Waals surface area contributed by atoms with Gasteiger partial charge in [-0.2, -0.15) is 0 Å². The van der Waals surface area contributed by atoms with Gasteiger partial charge in [0.15, 0.2) is 0 Å². The maximum absolute atomic E-state index is 11.3. The van der Waals surface area contributed by atoms with E-state index in [-0.39, 0.29) is 5.41 Å². The Morgan fingerprint density at radius 2 is 1.80 bits per heavy atom. The highest BCUT2D eigenvalue weighted by Crippen LogP contribution is 2.59. The predicted octanol–water partition coefficient (Wildman–Crippen LogP) is 2.83. The molecule has 0 bridgehead atoms. The monoisotopic (exact) mass is 204 g/mol. The lowest BCUT2D eigenvalue weighted by atomic mass is 9.71. The maximum Gasteiger partial charge on any atom is 0.310 e. The third-order valence-electron chi connectivity index (χ3n) is 3.85. The highest BCUT2D eigenvalue weighted by Gasteiger charge is 2.60. The number of carboxylic acid groups (broad SMARTS) is 1. The van der Waals surface area contributed by atoms with Crippen molar-refractivity contribution in [2.24, 2.45) is 5.41 Å². The summed E-state index contributed by atoms with van der Waals surface area (Å²) < 4.78 is 0. The van der Waals surface area contributed by atoms with Gasteiger partial charge >= 0.3 is 5.97 Å². The Labute approximate surface area is 89.9 Å². The number of hydrogen-bond donors (Lipinski definition) is 1. The number of rotatable bonds is 3. The van der Waals surface area contributed by atoms with E-state index < -0.39 is 11.4 Å². The Kier molecular flexibility index (Phi) is 2.10. The molecule has 1 fully saturated rings. The molecule has 0 atom stereocenters. The third kappa shape index (κ3) is 1.36. The molecule has 1 aliphatic carbocycles. The van der Waals surface area contributed by atoms with E-state index in [0.29, 0.717) is 0 Å². The lowest BCUT2D eigenvalue weighted by molar-refractivity contribution is -0.146. The highest BCUT2D eigenvalue weighted by atomic mass is 16.4. The summed E-state index contributed by atoms with van der Waals surface area (Å²) in [5.74, 6) is -0.656. The summed E-state index contributed by atoms with van der Waals surface area (Å²) in [7, 11) is 0. The van der Waals surface area contributed by atoms with E-state index in [4.69, 9.17) is 0 Å². The van der Waals surface area contributed by atoms with Gasteiger partial charge < -0.3 is 5.11 Å². The number of carboxylic acids is 1. The van der Waals surface area contributed by atoms with Crippen LogP contribution in [0.4, 0.5) is 0 Å². The number of aliphatic carboxylic acids is 1. The van der Waals surface area contributed by atoms with E-state index in [9.17, 15) is 9.90 Å². The van der Waals surface area contributed by atoms with Crippen molar-refractivity contribution in [3.63, 3.8) is 0 Å². The minimum absolute atomic E-state index is 0.278. The van der Waals surface area contributed by atoms with Crippen LogP contribution in [0.25, 0.3) is 0 Å². The van der Waals surface area contributed by atoms with Crippen LogP contribution in [-0.4, -0.2) is 11.1 Å². The Morgan fingerprint density at radius 3 is 2.20 bits per heavy atom. The average molecular weight is 204 g/mol. The first-order chi connectivity index (χ1) is 7.01. The minimum Gasteiger partial charge on any atom is -0.481 e. The fourth-order valence-corrected chi connectivity index (χ4v) is 2.36. The summed E-state index contributed by atoms with van der Waals surface area (Å²) in [6.07, 6.45) is 1.59. The van der Waals surface area contributed by atoms with Crippen LogP contribution in [0.15, 0.2) is 30.3 Å².